The zero-order valence-corrected chi connectivity index (χ0v) is 11.7. The topological polar surface area (TPSA) is 49.3 Å². The Kier molecular flexibility index (Phi) is 4.38. The van der Waals surface area contributed by atoms with Gasteiger partial charge in [-0.15, -0.1) is 0 Å². The SMILES string of the molecule is CC(C)=[N+]1CCC(N2CCC(C(N)=O)CC2)CC1. The Morgan fingerprint density at radius 3 is 2.11 bits per heavy atom. The van der Waals surface area contributed by atoms with Gasteiger partial charge in [-0.05, 0) is 25.9 Å². The van der Waals surface area contributed by atoms with Crippen LogP contribution in [0.15, 0.2) is 0 Å². The van der Waals surface area contributed by atoms with Crippen LogP contribution in [0.2, 0.25) is 0 Å². The first kappa shape index (κ1) is 13.5. The highest BCUT2D eigenvalue weighted by Crippen LogP contribution is 2.22. The predicted octanol–water partition coefficient (Wildman–Crippen LogP) is 0.839. The second-order valence-corrected chi connectivity index (χ2v) is 5.88. The second kappa shape index (κ2) is 5.83. The molecule has 0 atom stereocenters. The highest BCUT2D eigenvalue weighted by Gasteiger charge is 2.31. The third kappa shape index (κ3) is 3.10. The number of nitrogens with two attached hydrogens (primary N) is 1. The number of carbonyl (C=O) groups excluding carboxylic acids is 1. The number of hydrogen-bond donors (Lipinski definition) is 1. The number of carbonyl (C=O) groups is 1. The van der Waals surface area contributed by atoms with Crippen molar-refractivity contribution >= 4 is 11.6 Å². The van der Waals surface area contributed by atoms with E-state index in [1.165, 1.54) is 31.6 Å². The molecule has 0 aromatic carbocycles. The molecule has 2 saturated heterocycles. The molecule has 2 fully saturated rings. The van der Waals surface area contributed by atoms with E-state index < -0.39 is 0 Å². The van der Waals surface area contributed by atoms with Crippen molar-refractivity contribution < 1.29 is 9.37 Å². The van der Waals surface area contributed by atoms with Gasteiger partial charge in [0.15, 0.2) is 0 Å². The summed E-state index contributed by atoms with van der Waals surface area (Å²) in [4.78, 5) is 13.7. The largest absolute Gasteiger partial charge is 0.369 e. The summed E-state index contributed by atoms with van der Waals surface area (Å²) in [6.45, 7) is 8.85. The van der Waals surface area contributed by atoms with Crippen molar-refractivity contribution in [3.05, 3.63) is 0 Å². The number of rotatable bonds is 2. The standard InChI is InChI=1S/C14H25N3O/c1-11(2)16-9-5-13(6-10-16)17-7-3-12(4-8-17)14(15)18/h12-13H,3-10H2,1-2H3,(H-,15,18)/p+1. The van der Waals surface area contributed by atoms with Crippen molar-refractivity contribution in [1.82, 2.24) is 4.90 Å². The van der Waals surface area contributed by atoms with E-state index in [2.05, 4.69) is 23.3 Å². The number of piperidine rings is 2. The Labute approximate surface area is 110 Å². The number of likely N-dealkylation sites (tertiary alicyclic amines) is 1. The molecule has 2 heterocycles. The molecule has 102 valence electrons. The van der Waals surface area contributed by atoms with E-state index >= 15 is 0 Å². The van der Waals surface area contributed by atoms with Crippen LogP contribution >= 0.6 is 0 Å². The normalized spacial score (nSPS) is 27.2. The summed E-state index contributed by atoms with van der Waals surface area (Å²) in [5.74, 6) is 0.00763. The first-order chi connectivity index (χ1) is 8.58. The molecule has 2 rings (SSSR count). The fourth-order valence-corrected chi connectivity index (χ4v) is 3.23. The van der Waals surface area contributed by atoms with Gasteiger partial charge >= 0.3 is 0 Å². The van der Waals surface area contributed by atoms with Crippen LogP contribution in [0, 0.1) is 5.92 Å². The smallest absolute Gasteiger partial charge is 0.220 e. The molecule has 2 aliphatic rings. The molecule has 0 saturated carbocycles. The quantitative estimate of drug-likeness (QED) is 0.740. The monoisotopic (exact) mass is 252 g/mol. The Bertz CT molecular complexity index is 329. The van der Waals surface area contributed by atoms with Crippen LogP contribution in [0.5, 0.6) is 0 Å². The summed E-state index contributed by atoms with van der Waals surface area (Å²) >= 11 is 0. The molecule has 18 heavy (non-hydrogen) atoms. The van der Waals surface area contributed by atoms with E-state index in [4.69, 9.17) is 5.73 Å². The fraction of sp³-hybridized carbons (Fsp3) is 0.857. The first-order valence-electron chi connectivity index (χ1n) is 7.16. The van der Waals surface area contributed by atoms with Crippen molar-refractivity contribution in [2.24, 2.45) is 11.7 Å². The minimum atomic E-state index is -0.110. The lowest BCUT2D eigenvalue weighted by molar-refractivity contribution is -0.541. The zero-order chi connectivity index (χ0) is 13.1. The molecule has 0 aromatic rings. The summed E-state index contributed by atoms with van der Waals surface area (Å²) in [7, 11) is 0. The number of primary amides is 1. The van der Waals surface area contributed by atoms with E-state index in [9.17, 15) is 4.79 Å². The van der Waals surface area contributed by atoms with Crippen molar-refractivity contribution in [3.8, 4) is 0 Å². The molecule has 0 radical (unpaired) electrons. The van der Waals surface area contributed by atoms with Gasteiger partial charge in [-0.1, -0.05) is 0 Å². The van der Waals surface area contributed by atoms with Crippen molar-refractivity contribution in [1.29, 1.82) is 0 Å². The summed E-state index contributed by atoms with van der Waals surface area (Å²) in [5.41, 5.74) is 6.81. The molecule has 4 nitrogen and oxygen atoms in total. The third-order valence-corrected chi connectivity index (χ3v) is 4.55. The second-order valence-electron chi connectivity index (χ2n) is 5.88. The van der Waals surface area contributed by atoms with E-state index in [0.29, 0.717) is 0 Å². The van der Waals surface area contributed by atoms with Gasteiger partial charge in [-0.25, -0.2) is 4.58 Å². The molecular weight excluding hydrogens is 226 g/mol. The average Bonchev–Trinajstić information content (AvgIpc) is 2.39. The summed E-state index contributed by atoms with van der Waals surface area (Å²) in [6, 6.07) is 0.717. The molecule has 0 aliphatic carbocycles. The molecule has 0 aromatic heterocycles. The van der Waals surface area contributed by atoms with E-state index in [-0.39, 0.29) is 11.8 Å². The Hall–Kier alpha value is -0.900. The number of amides is 1. The maximum atomic E-state index is 11.1. The van der Waals surface area contributed by atoms with Crippen molar-refractivity contribution in [2.45, 2.75) is 45.6 Å². The summed E-state index contributed by atoms with van der Waals surface area (Å²) in [5, 5.41) is 0. The van der Waals surface area contributed by atoms with Gasteiger partial charge in [0, 0.05) is 38.6 Å². The molecule has 0 bridgehead atoms. The summed E-state index contributed by atoms with van der Waals surface area (Å²) in [6.07, 6.45) is 4.42. The minimum Gasteiger partial charge on any atom is -0.369 e. The minimum absolute atomic E-state index is 0.110. The maximum absolute atomic E-state index is 11.1. The van der Waals surface area contributed by atoms with Gasteiger partial charge in [0.05, 0.1) is 0 Å². The van der Waals surface area contributed by atoms with Crippen LogP contribution < -0.4 is 5.73 Å². The van der Waals surface area contributed by atoms with Crippen molar-refractivity contribution in [2.75, 3.05) is 26.2 Å². The molecule has 4 heteroatoms. The number of hydrogen-bond acceptors (Lipinski definition) is 2. The zero-order valence-electron chi connectivity index (χ0n) is 11.7. The van der Waals surface area contributed by atoms with Gasteiger partial charge in [0.2, 0.25) is 5.91 Å². The van der Waals surface area contributed by atoms with Gasteiger partial charge in [-0.2, -0.15) is 0 Å². The molecule has 1 amide bonds. The maximum Gasteiger partial charge on any atom is 0.220 e. The molecule has 2 aliphatic heterocycles. The van der Waals surface area contributed by atoms with E-state index in [1.54, 1.807) is 0 Å². The van der Waals surface area contributed by atoms with Gasteiger partial charge in [-0.3, -0.25) is 9.69 Å². The van der Waals surface area contributed by atoms with Crippen LogP contribution in [-0.4, -0.2) is 53.3 Å². The fourth-order valence-electron chi connectivity index (χ4n) is 3.23. The highest BCUT2D eigenvalue weighted by atomic mass is 16.1. The van der Waals surface area contributed by atoms with Crippen molar-refractivity contribution in [3.63, 3.8) is 0 Å². The Morgan fingerprint density at radius 1 is 1.11 bits per heavy atom. The first-order valence-corrected chi connectivity index (χ1v) is 7.16. The lowest BCUT2D eigenvalue weighted by Crippen LogP contribution is -2.47. The Morgan fingerprint density at radius 2 is 1.67 bits per heavy atom. The third-order valence-electron chi connectivity index (χ3n) is 4.55. The molecule has 2 N–H and O–H groups in total. The summed E-state index contributed by atoms with van der Waals surface area (Å²) < 4.78 is 2.48. The highest BCUT2D eigenvalue weighted by molar-refractivity contribution is 5.76. The average molecular weight is 252 g/mol. The van der Waals surface area contributed by atoms with Crippen LogP contribution in [-0.2, 0) is 4.79 Å². The van der Waals surface area contributed by atoms with Crippen LogP contribution in [0.1, 0.15) is 39.5 Å². The van der Waals surface area contributed by atoms with Crippen LogP contribution in [0.3, 0.4) is 0 Å². The lowest BCUT2D eigenvalue weighted by Gasteiger charge is -2.37. The van der Waals surface area contributed by atoms with Gasteiger partial charge in [0.1, 0.15) is 18.8 Å². The van der Waals surface area contributed by atoms with Crippen LogP contribution in [0.4, 0.5) is 0 Å². The molecule has 0 spiro atoms. The number of nitrogens with zero attached hydrogens (tertiary/aromatic N) is 2. The predicted molar refractivity (Wildman–Crippen MR) is 72.9 cm³/mol. The molecular formula is C14H26N3O+. The van der Waals surface area contributed by atoms with E-state index in [0.717, 1.165) is 32.0 Å². The van der Waals surface area contributed by atoms with Gasteiger partial charge in [0.25, 0.3) is 0 Å². The van der Waals surface area contributed by atoms with Crippen LogP contribution in [0.25, 0.3) is 0 Å². The Balaban J connectivity index is 1.82. The van der Waals surface area contributed by atoms with E-state index in [1.807, 2.05) is 0 Å². The lowest BCUT2D eigenvalue weighted by atomic mass is 9.93. The molecule has 0 unspecified atom stereocenters. The van der Waals surface area contributed by atoms with Gasteiger partial charge < -0.3 is 5.73 Å².